The predicted octanol–water partition coefficient (Wildman–Crippen LogP) is 1.07. The molecule has 0 spiro atoms. The quantitative estimate of drug-likeness (QED) is 0.694. The maximum absolute atomic E-state index is 11.8. The van der Waals surface area contributed by atoms with E-state index in [0.29, 0.717) is 17.0 Å². The lowest BCUT2D eigenvalue weighted by Gasteiger charge is -2.08. The first-order valence-corrected chi connectivity index (χ1v) is 9.04. The van der Waals surface area contributed by atoms with Crippen molar-refractivity contribution in [3.05, 3.63) is 54.1 Å². The van der Waals surface area contributed by atoms with Crippen LogP contribution in [0.2, 0.25) is 0 Å². The van der Waals surface area contributed by atoms with Gasteiger partial charge in [-0.25, -0.2) is 13.6 Å². The molecule has 0 aliphatic rings. The van der Waals surface area contributed by atoms with E-state index in [1.165, 1.54) is 31.4 Å². The number of carbonyl (C=O) groups is 2. The Morgan fingerprint density at radius 2 is 1.81 bits per heavy atom. The Morgan fingerprint density at radius 1 is 1.12 bits per heavy atom. The Morgan fingerprint density at radius 3 is 2.42 bits per heavy atom. The second kappa shape index (κ2) is 8.45. The van der Waals surface area contributed by atoms with Crippen molar-refractivity contribution >= 4 is 27.6 Å². The zero-order valence-electron chi connectivity index (χ0n) is 14.0. The number of ether oxygens (including phenoxy) is 2. The van der Waals surface area contributed by atoms with Crippen molar-refractivity contribution in [2.75, 3.05) is 19.0 Å². The molecule has 26 heavy (non-hydrogen) atoms. The van der Waals surface area contributed by atoms with E-state index in [2.05, 4.69) is 5.32 Å². The number of nitrogens with one attached hydrogen (secondary N) is 1. The highest BCUT2D eigenvalue weighted by molar-refractivity contribution is 7.89. The number of benzene rings is 2. The van der Waals surface area contributed by atoms with Crippen LogP contribution in [0.4, 0.5) is 5.69 Å². The number of nitrogens with two attached hydrogens (primary N) is 1. The number of sulfonamides is 1. The van der Waals surface area contributed by atoms with Crippen LogP contribution in [0, 0.1) is 0 Å². The van der Waals surface area contributed by atoms with Crippen LogP contribution >= 0.6 is 0 Å². The maximum atomic E-state index is 11.8. The van der Waals surface area contributed by atoms with Crippen molar-refractivity contribution in [3.63, 3.8) is 0 Å². The van der Waals surface area contributed by atoms with Crippen LogP contribution < -0.4 is 15.2 Å². The van der Waals surface area contributed by atoms with Gasteiger partial charge in [0.05, 0.1) is 18.4 Å². The first-order valence-electron chi connectivity index (χ1n) is 7.49. The average molecular weight is 378 g/mol. The van der Waals surface area contributed by atoms with Crippen LogP contribution in [0.1, 0.15) is 5.56 Å². The molecule has 0 fully saturated rings. The summed E-state index contributed by atoms with van der Waals surface area (Å²) in [6.07, 6.45) is 0.00748. The third kappa shape index (κ3) is 5.87. The summed E-state index contributed by atoms with van der Waals surface area (Å²) in [5, 5.41) is 7.48. The fourth-order valence-corrected chi connectivity index (χ4v) is 2.59. The molecule has 0 bridgehead atoms. The first kappa shape index (κ1) is 19.4. The van der Waals surface area contributed by atoms with Crippen LogP contribution in [-0.2, 0) is 30.8 Å². The molecule has 0 atom stereocenters. The first-order chi connectivity index (χ1) is 12.3. The van der Waals surface area contributed by atoms with Crippen LogP contribution in [0.5, 0.6) is 5.75 Å². The standard InChI is InChI=1S/C17H18N2O6S/c1-24-14-4-2-3-12(9-14)10-17(21)25-11-16(20)19-13-5-7-15(8-6-13)26(18,22)23/h2-9H,10-11H2,1H3,(H,19,20)(H2,18,22,23). The van der Waals surface area contributed by atoms with Crippen molar-refractivity contribution in [2.24, 2.45) is 5.14 Å². The number of carbonyl (C=O) groups excluding carboxylic acids is 2. The molecule has 0 aliphatic heterocycles. The number of methoxy groups -OCH3 is 1. The van der Waals surface area contributed by atoms with Crippen LogP contribution in [0.3, 0.4) is 0 Å². The Balaban J connectivity index is 1.83. The number of hydrogen-bond donors (Lipinski definition) is 2. The fourth-order valence-electron chi connectivity index (χ4n) is 2.07. The summed E-state index contributed by atoms with van der Waals surface area (Å²) < 4.78 is 32.3. The van der Waals surface area contributed by atoms with Gasteiger partial charge in [0.1, 0.15) is 5.75 Å². The van der Waals surface area contributed by atoms with Gasteiger partial charge in [0.15, 0.2) is 6.61 Å². The molecule has 8 nitrogen and oxygen atoms in total. The molecular weight excluding hydrogens is 360 g/mol. The smallest absolute Gasteiger partial charge is 0.310 e. The molecular formula is C17H18N2O6S. The molecule has 138 valence electrons. The van der Waals surface area contributed by atoms with Crippen molar-refractivity contribution in [1.29, 1.82) is 0 Å². The fraction of sp³-hybridized carbons (Fsp3) is 0.176. The third-order valence-corrected chi connectivity index (χ3v) is 4.24. The molecule has 0 saturated heterocycles. The van der Waals surface area contributed by atoms with Crippen molar-refractivity contribution in [3.8, 4) is 5.75 Å². The summed E-state index contributed by atoms with van der Waals surface area (Å²) in [6, 6.07) is 12.2. The predicted molar refractivity (Wildman–Crippen MR) is 94.1 cm³/mol. The monoisotopic (exact) mass is 378 g/mol. The van der Waals surface area contributed by atoms with Gasteiger partial charge in [0, 0.05) is 5.69 Å². The average Bonchev–Trinajstić information content (AvgIpc) is 2.60. The number of primary sulfonamides is 1. The lowest BCUT2D eigenvalue weighted by Crippen LogP contribution is -2.21. The van der Waals surface area contributed by atoms with E-state index in [1.54, 1.807) is 24.3 Å². The van der Waals surface area contributed by atoms with Gasteiger partial charge in [-0.3, -0.25) is 9.59 Å². The molecule has 0 saturated carbocycles. The van der Waals surface area contributed by atoms with Crippen LogP contribution in [0.25, 0.3) is 0 Å². The minimum atomic E-state index is -3.80. The zero-order valence-corrected chi connectivity index (χ0v) is 14.8. The molecule has 2 aromatic rings. The lowest BCUT2D eigenvalue weighted by molar-refractivity contribution is -0.146. The molecule has 0 unspecified atom stereocenters. The highest BCUT2D eigenvalue weighted by Gasteiger charge is 2.11. The molecule has 2 rings (SSSR count). The van der Waals surface area contributed by atoms with Gasteiger partial charge in [0.25, 0.3) is 5.91 Å². The Bertz CT molecular complexity index is 894. The molecule has 0 aromatic heterocycles. The van der Waals surface area contributed by atoms with E-state index in [-0.39, 0.29) is 11.3 Å². The maximum Gasteiger partial charge on any atom is 0.310 e. The van der Waals surface area contributed by atoms with Gasteiger partial charge < -0.3 is 14.8 Å². The van der Waals surface area contributed by atoms with Crippen molar-refractivity contribution < 1.29 is 27.5 Å². The van der Waals surface area contributed by atoms with E-state index in [0.717, 1.165) is 0 Å². The molecule has 1 amide bonds. The SMILES string of the molecule is COc1cccc(CC(=O)OCC(=O)Nc2ccc(S(N)(=O)=O)cc2)c1. The Kier molecular flexibility index (Phi) is 6.31. The van der Waals surface area contributed by atoms with E-state index in [4.69, 9.17) is 14.6 Å². The molecule has 0 heterocycles. The van der Waals surface area contributed by atoms with Gasteiger partial charge in [-0.15, -0.1) is 0 Å². The van der Waals surface area contributed by atoms with Crippen LogP contribution in [-0.4, -0.2) is 34.0 Å². The summed E-state index contributed by atoms with van der Waals surface area (Å²) >= 11 is 0. The van der Waals surface area contributed by atoms with E-state index in [1.807, 2.05) is 0 Å². The number of rotatable bonds is 7. The molecule has 0 aliphatic carbocycles. The van der Waals surface area contributed by atoms with Gasteiger partial charge in [0.2, 0.25) is 10.0 Å². The molecule has 0 radical (unpaired) electrons. The van der Waals surface area contributed by atoms with Gasteiger partial charge in [-0.05, 0) is 42.0 Å². The van der Waals surface area contributed by atoms with E-state index < -0.39 is 28.5 Å². The minimum Gasteiger partial charge on any atom is -0.497 e. The molecule has 3 N–H and O–H groups in total. The second-order valence-corrected chi connectivity index (χ2v) is 6.87. The Labute approximate surface area is 151 Å². The third-order valence-electron chi connectivity index (χ3n) is 3.31. The zero-order chi connectivity index (χ0) is 19.2. The van der Waals surface area contributed by atoms with E-state index in [9.17, 15) is 18.0 Å². The lowest BCUT2D eigenvalue weighted by atomic mass is 10.1. The summed E-state index contributed by atoms with van der Waals surface area (Å²) in [5.41, 5.74) is 1.06. The summed E-state index contributed by atoms with van der Waals surface area (Å²) in [4.78, 5) is 23.5. The molecule has 9 heteroatoms. The summed E-state index contributed by atoms with van der Waals surface area (Å²) in [5.74, 6) is -0.485. The normalized spacial score (nSPS) is 10.8. The minimum absolute atomic E-state index is 0.00748. The van der Waals surface area contributed by atoms with Crippen LogP contribution in [0.15, 0.2) is 53.4 Å². The number of esters is 1. The highest BCUT2D eigenvalue weighted by Crippen LogP contribution is 2.14. The van der Waals surface area contributed by atoms with Crippen molar-refractivity contribution in [2.45, 2.75) is 11.3 Å². The van der Waals surface area contributed by atoms with E-state index >= 15 is 0 Å². The topological polar surface area (TPSA) is 125 Å². The highest BCUT2D eigenvalue weighted by atomic mass is 32.2. The largest absolute Gasteiger partial charge is 0.497 e. The molecule has 2 aromatic carbocycles. The van der Waals surface area contributed by atoms with Crippen molar-refractivity contribution in [1.82, 2.24) is 0 Å². The second-order valence-electron chi connectivity index (χ2n) is 5.31. The number of anilines is 1. The van der Waals surface area contributed by atoms with Gasteiger partial charge in [-0.2, -0.15) is 0 Å². The van der Waals surface area contributed by atoms with Gasteiger partial charge in [-0.1, -0.05) is 12.1 Å². The number of amides is 1. The van der Waals surface area contributed by atoms with Gasteiger partial charge >= 0.3 is 5.97 Å². The Hall–Kier alpha value is -2.91. The number of hydrogen-bond acceptors (Lipinski definition) is 6. The summed E-state index contributed by atoms with van der Waals surface area (Å²) in [6.45, 7) is -0.459. The summed E-state index contributed by atoms with van der Waals surface area (Å²) in [7, 11) is -2.27.